The smallest absolute Gasteiger partial charge is 0.179 e. The van der Waals surface area contributed by atoms with E-state index < -0.39 is 9.84 Å². The van der Waals surface area contributed by atoms with Crippen LogP contribution < -0.4 is 5.73 Å². The molecule has 0 radical (unpaired) electrons. The van der Waals surface area contributed by atoms with Crippen LogP contribution in [-0.2, 0) is 9.84 Å². The number of nitrogens with zero attached hydrogens (tertiary/aromatic N) is 1. The van der Waals surface area contributed by atoms with Crippen LogP contribution in [0.4, 0.5) is 0 Å². The molecule has 7 heteroatoms. The number of hydrogen-bond acceptors (Lipinski definition) is 4. The summed E-state index contributed by atoms with van der Waals surface area (Å²) >= 11 is 3.29. The highest BCUT2D eigenvalue weighted by atomic mass is 79.9. The summed E-state index contributed by atoms with van der Waals surface area (Å²) in [6.45, 7) is 2.26. The minimum atomic E-state index is -3.19. The maximum Gasteiger partial charge on any atom is 0.179 e. The lowest BCUT2D eigenvalue weighted by molar-refractivity contribution is 0.354. The van der Waals surface area contributed by atoms with E-state index in [0.717, 1.165) is 24.0 Å². The minimum Gasteiger partial charge on any atom is -0.326 e. The molecule has 2 N–H and O–H groups in total. The molecule has 1 fully saturated rings. The molecule has 0 spiro atoms. The van der Waals surface area contributed by atoms with Crippen molar-refractivity contribution in [3.05, 3.63) is 28.7 Å². The first-order chi connectivity index (χ1) is 8.47. The van der Waals surface area contributed by atoms with Crippen molar-refractivity contribution in [3.63, 3.8) is 0 Å². The molecular formula is C12H18BrClN2O2S. The van der Waals surface area contributed by atoms with Crippen molar-refractivity contribution in [1.82, 2.24) is 4.90 Å². The van der Waals surface area contributed by atoms with E-state index in [4.69, 9.17) is 5.73 Å². The van der Waals surface area contributed by atoms with Crippen molar-refractivity contribution in [2.75, 3.05) is 25.4 Å². The molecule has 1 atom stereocenters. The van der Waals surface area contributed by atoms with Crippen LogP contribution in [0, 0.1) is 0 Å². The van der Waals surface area contributed by atoms with Gasteiger partial charge in [0.15, 0.2) is 9.84 Å². The molecule has 0 bridgehead atoms. The Hall–Kier alpha value is -0.140. The lowest BCUT2D eigenvalue weighted by atomic mass is 10.3. The molecule has 1 aromatic carbocycles. The molecule has 0 amide bonds. The average molecular weight is 370 g/mol. The molecule has 0 aliphatic carbocycles. The second-order valence-corrected chi connectivity index (χ2v) is 7.65. The van der Waals surface area contributed by atoms with Gasteiger partial charge in [-0.25, -0.2) is 8.42 Å². The van der Waals surface area contributed by atoms with E-state index in [9.17, 15) is 8.42 Å². The molecule has 2 rings (SSSR count). The number of halogens is 2. The molecule has 1 saturated heterocycles. The zero-order valence-corrected chi connectivity index (χ0v) is 13.7. The van der Waals surface area contributed by atoms with Crippen LogP contribution in [0.25, 0.3) is 0 Å². The summed E-state index contributed by atoms with van der Waals surface area (Å²) < 4.78 is 25.1. The van der Waals surface area contributed by atoms with E-state index in [1.165, 1.54) is 0 Å². The lowest BCUT2D eigenvalue weighted by Gasteiger charge is -2.14. The van der Waals surface area contributed by atoms with Gasteiger partial charge in [-0.3, -0.25) is 0 Å². The van der Waals surface area contributed by atoms with Crippen LogP contribution in [0.5, 0.6) is 0 Å². The largest absolute Gasteiger partial charge is 0.326 e. The molecule has 1 aromatic rings. The summed E-state index contributed by atoms with van der Waals surface area (Å²) in [6, 6.07) is 6.96. The molecule has 108 valence electrons. The van der Waals surface area contributed by atoms with Crippen LogP contribution in [0.2, 0.25) is 0 Å². The van der Waals surface area contributed by atoms with Gasteiger partial charge < -0.3 is 10.6 Å². The van der Waals surface area contributed by atoms with E-state index in [1.54, 1.807) is 24.3 Å². The second-order valence-electron chi connectivity index (χ2n) is 4.62. The van der Waals surface area contributed by atoms with Gasteiger partial charge in [0, 0.05) is 23.6 Å². The Bertz CT molecular complexity index is 507. The highest BCUT2D eigenvalue weighted by Gasteiger charge is 2.21. The number of likely N-dealkylation sites (tertiary alicyclic amines) is 1. The van der Waals surface area contributed by atoms with Crippen LogP contribution in [-0.4, -0.2) is 44.7 Å². The summed E-state index contributed by atoms with van der Waals surface area (Å²) in [5.74, 6) is 0.154. The van der Waals surface area contributed by atoms with Gasteiger partial charge in [-0.15, -0.1) is 12.4 Å². The van der Waals surface area contributed by atoms with Gasteiger partial charge in [-0.05, 0) is 37.2 Å². The molecule has 19 heavy (non-hydrogen) atoms. The van der Waals surface area contributed by atoms with E-state index in [0.29, 0.717) is 11.4 Å². The first kappa shape index (κ1) is 16.9. The van der Waals surface area contributed by atoms with E-state index in [2.05, 4.69) is 20.8 Å². The number of rotatable bonds is 4. The molecule has 1 aliphatic rings. The zero-order valence-electron chi connectivity index (χ0n) is 10.5. The Morgan fingerprint density at radius 2 is 1.95 bits per heavy atom. The van der Waals surface area contributed by atoms with Crippen molar-refractivity contribution in [2.45, 2.75) is 17.4 Å². The maximum atomic E-state index is 12.1. The number of nitrogens with two attached hydrogens (primary N) is 1. The molecule has 0 saturated carbocycles. The Labute approximate surface area is 128 Å². The third-order valence-electron chi connectivity index (χ3n) is 3.16. The second kappa shape index (κ2) is 7.04. The lowest BCUT2D eigenvalue weighted by Crippen LogP contribution is -2.30. The number of hydrogen-bond donors (Lipinski definition) is 1. The summed E-state index contributed by atoms with van der Waals surface area (Å²) in [5, 5.41) is 0. The summed E-state index contributed by atoms with van der Waals surface area (Å²) in [5.41, 5.74) is 5.80. The highest BCUT2D eigenvalue weighted by molar-refractivity contribution is 9.10. The van der Waals surface area contributed by atoms with Crippen LogP contribution in [0.1, 0.15) is 6.42 Å². The quantitative estimate of drug-likeness (QED) is 0.877. The maximum absolute atomic E-state index is 12.1. The molecular weight excluding hydrogens is 352 g/mol. The first-order valence-electron chi connectivity index (χ1n) is 5.93. The summed E-state index contributed by atoms with van der Waals surface area (Å²) in [7, 11) is -3.19. The van der Waals surface area contributed by atoms with Gasteiger partial charge in [0.2, 0.25) is 0 Å². The van der Waals surface area contributed by atoms with E-state index in [-0.39, 0.29) is 24.2 Å². The molecule has 0 aromatic heterocycles. The van der Waals surface area contributed by atoms with Crippen LogP contribution in [0.3, 0.4) is 0 Å². The van der Waals surface area contributed by atoms with Crippen molar-refractivity contribution in [3.8, 4) is 0 Å². The Morgan fingerprint density at radius 1 is 1.32 bits per heavy atom. The minimum absolute atomic E-state index is 0. The standard InChI is InChI=1S/C12H17BrN2O2S.ClH/c13-10-1-3-12(4-2-10)18(16,17)8-7-15-6-5-11(14)9-15;/h1-4,11H,5-9,14H2;1H/t11-;/m0./s1. The van der Waals surface area contributed by atoms with Gasteiger partial charge in [0.25, 0.3) is 0 Å². The zero-order chi connectivity index (χ0) is 13.2. The van der Waals surface area contributed by atoms with Crippen molar-refractivity contribution in [1.29, 1.82) is 0 Å². The fourth-order valence-electron chi connectivity index (χ4n) is 2.07. The van der Waals surface area contributed by atoms with E-state index >= 15 is 0 Å². The Morgan fingerprint density at radius 3 is 2.47 bits per heavy atom. The van der Waals surface area contributed by atoms with Crippen LogP contribution in [0.15, 0.2) is 33.6 Å². The topological polar surface area (TPSA) is 63.4 Å². The summed E-state index contributed by atoms with van der Waals surface area (Å²) in [6.07, 6.45) is 0.957. The van der Waals surface area contributed by atoms with Gasteiger partial charge in [-0.2, -0.15) is 0 Å². The number of sulfone groups is 1. The van der Waals surface area contributed by atoms with Gasteiger partial charge in [0.1, 0.15) is 0 Å². The average Bonchev–Trinajstić information content (AvgIpc) is 2.73. The van der Waals surface area contributed by atoms with Crippen molar-refractivity contribution in [2.24, 2.45) is 5.73 Å². The fourth-order valence-corrected chi connectivity index (χ4v) is 3.62. The predicted octanol–water partition coefficient (Wildman–Crippen LogP) is 1.68. The molecule has 1 aliphatic heterocycles. The monoisotopic (exact) mass is 368 g/mol. The molecule has 4 nitrogen and oxygen atoms in total. The van der Waals surface area contributed by atoms with Gasteiger partial charge >= 0.3 is 0 Å². The third-order valence-corrected chi connectivity index (χ3v) is 5.40. The molecule has 0 unspecified atom stereocenters. The molecule has 1 heterocycles. The van der Waals surface area contributed by atoms with Gasteiger partial charge in [0.05, 0.1) is 10.6 Å². The summed E-state index contributed by atoms with van der Waals surface area (Å²) in [4.78, 5) is 2.50. The number of benzene rings is 1. The van der Waals surface area contributed by atoms with Crippen molar-refractivity contribution >= 4 is 38.2 Å². The first-order valence-corrected chi connectivity index (χ1v) is 8.38. The van der Waals surface area contributed by atoms with Crippen LogP contribution >= 0.6 is 28.3 Å². The normalized spacial score (nSPS) is 20.2. The fraction of sp³-hybridized carbons (Fsp3) is 0.500. The Kier molecular flexibility index (Phi) is 6.26. The Balaban J connectivity index is 0.00000180. The van der Waals surface area contributed by atoms with Gasteiger partial charge in [-0.1, -0.05) is 15.9 Å². The third kappa shape index (κ3) is 4.72. The van der Waals surface area contributed by atoms with Crippen molar-refractivity contribution < 1.29 is 8.42 Å². The predicted molar refractivity (Wildman–Crippen MR) is 82.5 cm³/mol. The SMILES string of the molecule is Cl.N[C@H]1CCN(CCS(=O)(=O)c2ccc(Br)cc2)C1. The van der Waals surface area contributed by atoms with E-state index in [1.807, 2.05) is 0 Å². The highest BCUT2D eigenvalue weighted by Crippen LogP contribution is 2.16.